The first-order chi connectivity index (χ1) is 9.06. The van der Waals surface area contributed by atoms with E-state index in [9.17, 15) is 9.59 Å². The van der Waals surface area contributed by atoms with Crippen LogP contribution in [0.1, 0.15) is 36.6 Å². The number of aromatic nitrogens is 2. The predicted octanol–water partition coefficient (Wildman–Crippen LogP) is 1.18. The lowest BCUT2D eigenvalue weighted by molar-refractivity contribution is -0.121. The Kier molecular flexibility index (Phi) is 3.12. The molecule has 0 spiro atoms. The number of nitrogens with zero attached hydrogens (tertiary/aromatic N) is 2. The van der Waals surface area contributed by atoms with Gasteiger partial charge in [-0.15, -0.1) is 0 Å². The summed E-state index contributed by atoms with van der Waals surface area (Å²) >= 11 is 1.56. The van der Waals surface area contributed by atoms with Crippen molar-refractivity contribution in [1.29, 1.82) is 0 Å². The number of thioether (sulfide) groups is 1. The van der Waals surface area contributed by atoms with Gasteiger partial charge in [-0.25, -0.2) is 4.98 Å². The minimum absolute atomic E-state index is 0.00304. The molecule has 2 heterocycles. The summed E-state index contributed by atoms with van der Waals surface area (Å²) in [5.41, 5.74) is 1.46. The lowest BCUT2D eigenvalue weighted by Crippen LogP contribution is -2.32. The molecule has 1 fully saturated rings. The molecule has 3 rings (SSSR count). The van der Waals surface area contributed by atoms with E-state index in [4.69, 9.17) is 0 Å². The normalized spacial score (nSPS) is 21.3. The van der Waals surface area contributed by atoms with Crippen molar-refractivity contribution in [2.45, 2.75) is 50.4 Å². The Balaban J connectivity index is 1.82. The van der Waals surface area contributed by atoms with Crippen LogP contribution in [0.4, 0.5) is 0 Å². The lowest BCUT2D eigenvalue weighted by atomic mass is 10.2. The summed E-state index contributed by atoms with van der Waals surface area (Å²) in [6, 6.07) is 0.314. The highest BCUT2D eigenvalue weighted by molar-refractivity contribution is 7.99. The van der Waals surface area contributed by atoms with Crippen molar-refractivity contribution in [3.05, 3.63) is 21.6 Å². The van der Waals surface area contributed by atoms with Gasteiger partial charge < -0.3 is 5.32 Å². The molecule has 0 saturated heterocycles. The average Bonchev–Trinajstić information content (AvgIpc) is 3.08. The van der Waals surface area contributed by atoms with E-state index in [1.54, 1.807) is 23.3 Å². The second kappa shape index (κ2) is 4.67. The molecule has 1 saturated carbocycles. The Morgan fingerprint density at radius 1 is 1.47 bits per heavy atom. The van der Waals surface area contributed by atoms with Crippen LogP contribution in [0.2, 0.25) is 0 Å². The van der Waals surface area contributed by atoms with E-state index < -0.39 is 0 Å². The van der Waals surface area contributed by atoms with Crippen LogP contribution < -0.4 is 10.9 Å². The van der Waals surface area contributed by atoms with Crippen LogP contribution in [0.3, 0.4) is 0 Å². The van der Waals surface area contributed by atoms with Crippen molar-refractivity contribution in [3.8, 4) is 0 Å². The van der Waals surface area contributed by atoms with E-state index in [2.05, 4.69) is 10.3 Å². The quantitative estimate of drug-likeness (QED) is 0.844. The number of rotatable bonds is 3. The molecule has 2 aliphatic rings. The maximum absolute atomic E-state index is 12.3. The zero-order valence-corrected chi connectivity index (χ0v) is 11.9. The lowest BCUT2D eigenvalue weighted by Gasteiger charge is -2.14. The highest BCUT2D eigenvalue weighted by Gasteiger charge is 2.30. The summed E-state index contributed by atoms with van der Waals surface area (Å²) in [5, 5.41) is 3.72. The molecule has 0 radical (unpaired) electrons. The van der Waals surface area contributed by atoms with Crippen LogP contribution in [0.25, 0.3) is 0 Å². The molecular weight excluding hydrogens is 262 g/mol. The van der Waals surface area contributed by atoms with Gasteiger partial charge in [-0.1, -0.05) is 11.8 Å². The summed E-state index contributed by atoms with van der Waals surface area (Å²) in [4.78, 5) is 28.6. The van der Waals surface area contributed by atoms with Crippen LogP contribution in [0.15, 0.2) is 9.95 Å². The summed E-state index contributed by atoms with van der Waals surface area (Å²) in [7, 11) is 0. The summed E-state index contributed by atoms with van der Waals surface area (Å²) in [5.74, 6) is 0.800. The standard InChI is InChI=1S/C13H17N3O2S/c1-7-8(2)14-13-16(12(7)18)10(6-19-13)5-11(17)15-9-3-4-9/h9-10H,3-6H2,1-2H3,(H,15,17). The van der Waals surface area contributed by atoms with E-state index in [1.165, 1.54) is 0 Å². The minimum Gasteiger partial charge on any atom is -0.353 e. The summed E-state index contributed by atoms with van der Waals surface area (Å²) in [6.07, 6.45) is 2.55. The first-order valence-corrected chi connectivity index (χ1v) is 7.56. The first-order valence-electron chi connectivity index (χ1n) is 6.58. The average molecular weight is 279 g/mol. The Labute approximate surface area is 115 Å². The van der Waals surface area contributed by atoms with Crippen molar-refractivity contribution in [2.75, 3.05) is 5.75 Å². The van der Waals surface area contributed by atoms with Gasteiger partial charge in [0.1, 0.15) is 0 Å². The largest absolute Gasteiger partial charge is 0.353 e. The molecule has 1 atom stereocenters. The SMILES string of the molecule is Cc1nc2n(c(=O)c1C)C(CC(=O)NC1CC1)CS2. The highest BCUT2D eigenvalue weighted by atomic mass is 32.2. The smallest absolute Gasteiger partial charge is 0.257 e. The number of aryl methyl sites for hydroxylation is 1. The molecular formula is C13H17N3O2S. The van der Waals surface area contributed by atoms with Crippen molar-refractivity contribution >= 4 is 17.7 Å². The number of hydrogen-bond acceptors (Lipinski definition) is 4. The van der Waals surface area contributed by atoms with Crippen molar-refractivity contribution in [1.82, 2.24) is 14.9 Å². The topological polar surface area (TPSA) is 64.0 Å². The predicted molar refractivity (Wildman–Crippen MR) is 73.5 cm³/mol. The van der Waals surface area contributed by atoms with Gasteiger partial charge in [0.25, 0.3) is 5.56 Å². The van der Waals surface area contributed by atoms with E-state index in [-0.39, 0.29) is 17.5 Å². The molecule has 102 valence electrons. The molecule has 1 aliphatic carbocycles. The molecule has 5 nitrogen and oxygen atoms in total. The minimum atomic E-state index is -0.0574. The fraction of sp³-hybridized carbons (Fsp3) is 0.615. The van der Waals surface area contributed by atoms with Crippen molar-refractivity contribution < 1.29 is 4.79 Å². The number of carbonyl (C=O) groups is 1. The van der Waals surface area contributed by atoms with Gasteiger partial charge in [0, 0.05) is 29.5 Å². The number of fused-ring (bicyclic) bond motifs is 1. The highest BCUT2D eigenvalue weighted by Crippen LogP contribution is 2.32. The third-order valence-corrected chi connectivity index (χ3v) is 4.78. The molecule has 1 aliphatic heterocycles. The van der Waals surface area contributed by atoms with E-state index in [0.717, 1.165) is 29.4 Å². The van der Waals surface area contributed by atoms with Gasteiger partial charge in [0.2, 0.25) is 5.91 Å². The Morgan fingerprint density at radius 2 is 2.21 bits per heavy atom. The number of nitrogens with one attached hydrogen (secondary N) is 1. The Hall–Kier alpha value is -1.30. The van der Waals surface area contributed by atoms with Gasteiger partial charge in [0.15, 0.2) is 5.16 Å². The summed E-state index contributed by atoms with van der Waals surface area (Å²) < 4.78 is 1.69. The summed E-state index contributed by atoms with van der Waals surface area (Å²) in [6.45, 7) is 3.65. The monoisotopic (exact) mass is 279 g/mol. The van der Waals surface area contributed by atoms with Crippen LogP contribution in [0.5, 0.6) is 0 Å². The van der Waals surface area contributed by atoms with E-state index >= 15 is 0 Å². The van der Waals surface area contributed by atoms with Gasteiger partial charge in [-0.3, -0.25) is 14.2 Å². The van der Waals surface area contributed by atoms with Crippen molar-refractivity contribution in [3.63, 3.8) is 0 Å². The molecule has 0 bridgehead atoms. The van der Waals surface area contributed by atoms with E-state index in [0.29, 0.717) is 18.0 Å². The number of amides is 1. The molecule has 1 N–H and O–H groups in total. The molecule has 0 aromatic carbocycles. The fourth-order valence-electron chi connectivity index (χ4n) is 2.25. The molecule has 1 aromatic rings. The van der Waals surface area contributed by atoms with Crippen molar-refractivity contribution in [2.24, 2.45) is 0 Å². The van der Waals surface area contributed by atoms with Crippen LogP contribution in [0, 0.1) is 13.8 Å². The van der Waals surface area contributed by atoms with E-state index in [1.807, 2.05) is 6.92 Å². The maximum atomic E-state index is 12.3. The number of hydrogen-bond donors (Lipinski definition) is 1. The molecule has 6 heteroatoms. The molecule has 1 amide bonds. The Bertz CT molecular complexity index is 592. The zero-order valence-electron chi connectivity index (χ0n) is 11.1. The van der Waals surface area contributed by atoms with Gasteiger partial charge in [0.05, 0.1) is 6.04 Å². The maximum Gasteiger partial charge on any atom is 0.257 e. The van der Waals surface area contributed by atoms with Crippen LogP contribution in [-0.4, -0.2) is 27.3 Å². The van der Waals surface area contributed by atoms with Crippen LogP contribution in [-0.2, 0) is 4.79 Å². The molecule has 1 aromatic heterocycles. The third-order valence-electron chi connectivity index (χ3n) is 3.69. The zero-order chi connectivity index (χ0) is 13.6. The molecule has 19 heavy (non-hydrogen) atoms. The Morgan fingerprint density at radius 3 is 2.89 bits per heavy atom. The van der Waals surface area contributed by atoms with Gasteiger partial charge in [-0.2, -0.15) is 0 Å². The second-order valence-electron chi connectivity index (χ2n) is 5.29. The first kappa shape index (κ1) is 12.7. The third kappa shape index (κ3) is 2.41. The fourth-order valence-corrected chi connectivity index (χ4v) is 3.43. The van der Waals surface area contributed by atoms with Gasteiger partial charge in [-0.05, 0) is 26.7 Å². The second-order valence-corrected chi connectivity index (χ2v) is 6.28. The molecule has 1 unspecified atom stereocenters. The number of carbonyl (C=O) groups excluding carboxylic acids is 1. The van der Waals surface area contributed by atoms with Gasteiger partial charge >= 0.3 is 0 Å². The van der Waals surface area contributed by atoms with Crippen LogP contribution >= 0.6 is 11.8 Å².